The Morgan fingerprint density at radius 3 is 2.19 bits per heavy atom. The van der Waals surface area contributed by atoms with Gasteiger partial charge in [-0.15, -0.1) is 0 Å². The van der Waals surface area contributed by atoms with Gasteiger partial charge in [0.25, 0.3) is 0 Å². The fourth-order valence-electron chi connectivity index (χ4n) is 2.29. The Balaban J connectivity index is 2.42. The fraction of sp³-hybridized carbons (Fsp3) is 0.538. The second-order valence-electron chi connectivity index (χ2n) is 4.98. The molecule has 0 aliphatic heterocycles. The monoisotopic (exact) mass is 323 g/mol. The van der Waals surface area contributed by atoms with Crippen LogP contribution in [0.4, 0.5) is 13.2 Å². The molecule has 21 heavy (non-hydrogen) atoms. The highest BCUT2D eigenvalue weighted by Gasteiger charge is 2.37. The van der Waals surface area contributed by atoms with E-state index < -0.39 is 32.4 Å². The molecule has 0 heterocycles. The van der Waals surface area contributed by atoms with E-state index in [0.29, 0.717) is 25.0 Å². The molecule has 0 amide bonds. The van der Waals surface area contributed by atoms with Gasteiger partial charge in [-0.05, 0) is 19.3 Å². The van der Waals surface area contributed by atoms with Gasteiger partial charge in [-0.1, -0.05) is 6.42 Å². The number of aliphatic hydroxyl groups is 1. The van der Waals surface area contributed by atoms with Gasteiger partial charge < -0.3 is 5.11 Å². The zero-order chi connectivity index (χ0) is 15.6. The lowest BCUT2D eigenvalue weighted by Crippen LogP contribution is -2.45. The van der Waals surface area contributed by atoms with Crippen LogP contribution in [0.1, 0.15) is 25.7 Å². The van der Waals surface area contributed by atoms with E-state index in [1.165, 1.54) is 0 Å². The zero-order valence-corrected chi connectivity index (χ0v) is 12.0. The Morgan fingerprint density at radius 1 is 1.19 bits per heavy atom. The largest absolute Gasteiger partial charge is 0.396 e. The average Bonchev–Trinajstić information content (AvgIpc) is 2.29. The van der Waals surface area contributed by atoms with Crippen LogP contribution in [0.5, 0.6) is 0 Å². The van der Waals surface area contributed by atoms with Gasteiger partial charge in [-0.25, -0.2) is 21.6 Å². The number of aliphatic hydroxyl groups excluding tert-OH is 1. The first-order valence-corrected chi connectivity index (χ1v) is 8.09. The lowest BCUT2D eigenvalue weighted by Gasteiger charge is -2.36. The molecule has 0 unspecified atom stereocenters. The van der Waals surface area contributed by atoms with Crippen molar-refractivity contribution in [3.63, 3.8) is 0 Å². The molecule has 0 atom stereocenters. The third-order valence-corrected chi connectivity index (χ3v) is 5.55. The van der Waals surface area contributed by atoms with Crippen LogP contribution in [0.25, 0.3) is 0 Å². The summed E-state index contributed by atoms with van der Waals surface area (Å²) in [7, 11) is -4.41. The Kier molecular flexibility index (Phi) is 4.90. The number of rotatable bonds is 6. The van der Waals surface area contributed by atoms with Crippen LogP contribution in [0, 0.1) is 17.5 Å². The van der Waals surface area contributed by atoms with Crippen LogP contribution >= 0.6 is 0 Å². The molecule has 1 aromatic carbocycles. The van der Waals surface area contributed by atoms with Crippen molar-refractivity contribution >= 4 is 10.0 Å². The molecule has 0 aromatic heterocycles. The number of halogens is 3. The summed E-state index contributed by atoms with van der Waals surface area (Å²) in [6.45, 7) is -0.257. The highest BCUT2D eigenvalue weighted by Crippen LogP contribution is 2.32. The summed E-state index contributed by atoms with van der Waals surface area (Å²) in [5.74, 6) is -4.06. The SMILES string of the molecule is O=S(=O)(c1c(F)cc(F)cc1F)N(CCCO)C1CCC1. The Morgan fingerprint density at radius 2 is 1.76 bits per heavy atom. The van der Waals surface area contributed by atoms with Gasteiger partial charge in [0.2, 0.25) is 10.0 Å². The minimum absolute atomic E-state index is 0.0280. The van der Waals surface area contributed by atoms with Crippen LogP contribution < -0.4 is 0 Å². The second kappa shape index (κ2) is 6.33. The minimum atomic E-state index is -4.41. The van der Waals surface area contributed by atoms with Crippen molar-refractivity contribution in [2.45, 2.75) is 36.6 Å². The normalized spacial score (nSPS) is 16.2. The van der Waals surface area contributed by atoms with Gasteiger partial charge in [0.15, 0.2) is 4.90 Å². The number of hydrogen-bond donors (Lipinski definition) is 1. The lowest BCUT2D eigenvalue weighted by molar-refractivity contribution is 0.197. The summed E-state index contributed by atoms with van der Waals surface area (Å²) in [5.41, 5.74) is 0. The van der Waals surface area contributed by atoms with Crippen molar-refractivity contribution in [2.24, 2.45) is 0 Å². The van der Waals surface area contributed by atoms with Crippen molar-refractivity contribution in [3.8, 4) is 0 Å². The molecule has 0 spiro atoms. The van der Waals surface area contributed by atoms with Gasteiger partial charge in [0.05, 0.1) is 0 Å². The number of benzene rings is 1. The third-order valence-electron chi connectivity index (χ3n) is 3.55. The highest BCUT2D eigenvalue weighted by molar-refractivity contribution is 7.89. The molecule has 118 valence electrons. The Hall–Kier alpha value is -1.12. The lowest BCUT2D eigenvalue weighted by atomic mass is 9.93. The van der Waals surface area contributed by atoms with Gasteiger partial charge in [-0.3, -0.25) is 0 Å². The molecule has 1 aliphatic carbocycles. The standard InChI is InChI=1S/C13H16F3NO3S/c14-9-7-11(15)13(12(16)8-9)21(19,20)17(5-2-6-18)10-3-1-4-10/h7-8,10,18H,1-6H2. The van der Waals surface area contributed by atoms with E-state index in [2.05, 4.69) is 0 Å². The van der Waals surface area contributed by atoms with Crippen molar-refractivity contribution < 1.29 is 26.7 Å². The van der Waals surface area contributed by atoms with Crippen LogP contribution in [-0.4, -0.2) is 37.0 Å². The van der Waals surface area contributed by atoms with Crippen LogP contribution in [-0.2, 0) is 10.0 Å². The summed E-state index contributed by atoms with van der Waals surface area (Å²) >= 11 is 0. The van der Waals surface area contributed by atoms with Crippen molar-refractivity contribution in [1.29, 1.82) is 0 Å². The first kappa shape index (κ1) is 16.3. The average molecular weight is 323 g/mol. The third kappa shape index (κ3) is 3.22. The Labute approximate surface area is 121 Å². The van der Waals surface area contributed by atoms with E-state index in [1.54, 1.807) is 0 Å². The van der Waals surface area contributed by atoms with Crippen molar-refractivity contribution in [2.75, 3.05) is 13.2 Å². The van der Waals surface area contributed by atoms with Crippen molar-refractivity contribution in [1.82, 2.24) is 4.31 Å². The van der Waals surface area contributed by atoms with E-state index in [9.17, 15) is 21.6 Å². The molecule has 0 radical (unpaired) electrons. The zero-order valence-electron chi connectivity index (χ0n) is 11.2. The van der Waals surface area contributed by atoms with Gasteiger partial charge in [0.1, 0.15) is 17.5 Å². The molecule has 2 rings (SSSR count). The number of hydrogen-bond acceptors (Lipinski definition) is 3. The van der Waals surface area contributed by atoms with Crippen LogP contribution in [0.15, 0.2) is 17.0 Å². The predicted octanol–water partition coefficient (Wildman–Crippen LogP) is 2.03. The predicted molar refractivity (Wildman–Crippen MR) is 69.5 cm³/mol. The molecule has 1 aliphatic rings. The minimum Gasteiger partial charge on any atom is -0.396 e. The number of nitrogens with zero attached hydrogens (tertiary/aromatic N) is 1. The molecular formula is C13H16F3NO3S. The molecule has 1 saturated carbocycles. The summed E-state index contributed by atoms with van der Waals surface area (Å²) in [4.78, 5) is -1.13. The smallest absolute Gasteiger partial charge is 0.249 e. The molecule has 1 aromatic rings. The molecular weight excluding hydrogens is 307 g/mol. The van der Waals surface area contributed by atoms with E-state index in [4.69, 9.17) is 5.11 Å². The van der Waals surface area contributed by atoms with E-state index in [1.807, 2.05) is 0 Å². The quantitative estimate of drug-likeness (QED) is 0.871. The highest BCUT2D eigenvalue weighted by atomic mass is 32.2. The molecule has 0 saturated heterocycles. The summed E-state index contributed by atoms with van der Waals surface area (Å²) in [6, 6.07) is 0.368. The summed E-state index contributed by atoms with van der Waals surface area (Å²) < 4.78 is 66.3. The maximum absolute atomic E-state index is 13.7. The molecule has 1 fully saturated rings. The van der Waals surface area contributed by atoms with E-state index in [-0.39, 0.29) is 25.6 Å². The topological polar surface area (TPSA) is 57.6 Å². The van der Waals surface area contributed by atoms with Crippen molar-refractivity contribution in [3.05, 3.63) is 29.6 Å². The molecule has 4 nitrogen and oxygen atoms in total. The maximum atomic E-state index is 13.7. The fourth-order valence-corrected chi connectivity index (χ4v) is 4.11. The molecule has 1 N–H and O–H groups in total. The Bertz CT molecular complexity index is 594. The second-order valence-corrected chi connectivity index (χ2v) is 6.80. The first-order valence-electron chi connectivity index (χ1n) is 6.65. The molecule has 8 heteroatoms. The van der Waals surface area contributed by atoms with Gasteiger partial charge in [-0.2, -0.15) is 4.31 Å². The van der Waals surface area contributed by atoms with Gasteiger partial charge in [0, 0.05) is 31.3 Å². The summed E-state index contributed by atoms with van der Waals surface area (Å²) in [6.07, 6.45) is 2.22. The van der Waals surface area contributed by atoms with Gasteiger partial charge >= 0.3 is 0 Å². The van der Waals surface area contributed by atoms with Crippen LogP contribution in [0.2, 0.25) is 0 Å². The molecule has 0 bridgehead atoms. The number of sulfonamides is 1. The van der Waals surface area contributed by atoms with E-state index in [0.717, 1.165) is 10.7 Å². The maximum Gasteiger partial charge on any atom is 0.249 e. The first-order chi connectivity index (χ1) is 9.87. The summed E-state index contributed by atoms with van der Waals surface area (Å²) in [5, 5.41) is 8.85. The van der Waals surface area contributed by atoms with E-state index >= 15 is 0 Å². The van der Waals surface area contributed by atoms with Crippen LogP contribution in [0.3, 0.4) is 0 Å².